The second-order valence-electron chi connectivity index (χ2n) is 6.61. The van der Waals surface area contributed by atoms with E-state index in [1.54, 1.807) is 11.4 Å². The van der Waals surface area contributed by atoms with Gasteiger partial charge in [0.2, 0.25) is 0 Å². The van der Waals surface area contributed by atoms with Crippen LogP contribution in [0.25, 0.3) is 5.65 Å². The minimum Gasteiger partial charge on any atom is -0.481 e. The Hall–Kier alpha value is -2.44. The SMILES string of the molecule is Cc1cc(C)n2nc(C)c(C(=O)NCC(CC(C)C)C(=O)O)c2n1. The quantitative estimate of drug-likeness (QED) is 0.844. The fourth-order valence-electron chi connectivity index (χ4n) is 2.84. The third kappa shape index (κ3) is 3.72. The number of aryl methyl sites for hydroxylation is 3. The number of fused-ring (bicyclic) bond motifs is 1. The minimum absolute atomic E-state index is 0.0912. The summed E-state index contributed by atoms with van der Waals surface area (Å²) in [7, 11) is 0. The van der Waals surface area contributed by atoms with E-state index in [1.165, 1.54) is 0 Å². The normalized spacial score (nSPS) is 12.6. The Morgan fingerprint density at radius 2 is 1.96 bits per heavy atom. The van der Waals surface area contributed by atoms with Crippen molar-refractivity contribution in [2.24, 2.45) is 11.8 Å². The first-order valence-corrected chi connectivity index (χ1v) is 8.05. The van der Waals surface area contributed by atoms with Gasteiger partial charge in [-0.15, -0.1) is 0 Å². The molecule has 2 rings (SSSR count). The zero-order valence-corrected chi connectivity index (χ0v) is 14.8. The number of aromatic nitrogens is 3. The van der Waals surface area contributed by atoms with Crippen molar-refractivity contribution in [3.8, 4) is 0 Å². The summed E-state index contributed by atoms with van der Waals surface area (Å²) in [5.74, 6) is -1.60. The number of hydrogen-bond donors (Lipinski definition) is 2. The maximum Gasteiger partial charge on any atom is 0.308 e. The van der Waals surface area contributed by atoms with Gasteiger partial charge in [-0.25, -0.2) is 9.50 Å². The lowest BCUT2D eigenvalue weighted by atomic mass is 9.97. The highest BCUT2D eigenvalue weighted by Gasteiger charge is 2.23. The smallest absolute Gasteiger partial charge is 0.308 e. The Labute approximate surface area is 141 Å². The highest BCUT2D eigenvalue weighted by atomic mass is 16.4. The second kappa shape index (κ2) is 6.98. The number of rotatable bonds is 6. The molecule has 0 spiro atoms. The van der Waals surface area contributed by atoms with Gasteiger partial charge in [0.05, 0.1) is 11.6 Å². The van der Waals surface area contributed by atoms with Crippen molar-refractivity contribution in [2.45, 2.75) is 41.0 Å². The van der Waals surface area contributed by atoms with Crippen LogP contribution in [0.15, 0.2) is 6.07 Å². The molecule has 7 nitrogen and oxygen atoms in total. The molecule has 0 aromatic carbocycles. The number of amides is 1. The summed E-state index contributed by atoms with van der Waals surface area (Å²) >= 11 is 0. The molecule has 0 fully saturated rings. The molecule has 2 aromatic heterocycles. The molecule has 24 heavy (non-hydrogen) atoms. The molecule has 0 aliphatic rings. The Balaban J connectivity index is 2.25. The van der Waals surface area contributed by atoms with Crippen LogP contribution in [0.3, 0.4) is 0 Å². The topological polar surface area (TPSA) is 96.6 Å². The van der Waals surface area contributed by atoms with E-state index in [-0.39, 0.29) is 18.4 Å². The lowest BCUT2D eigenvalue weighted by Crippen LogP contribution is -2.34. The van der Waals surface area contributed by atoms with Crippen molar-refractivity contribution in [1.29, 1.82) is 0 Å². The van der Waals surface area contributed by atoms with Crippen molar-refractivity contribution >= 4 is 17.5 Å². The number of nitrogens with zero attached hydrogens (tertiary/aromatic N) is 3. The van der Waals surface area contributed by atoms with E-state index < -0.39 is 11.9 Å². The molecule has 0 saturated heterocycles. The molecule has 0 saturated carbocycles. The van der Waals surface area contributed by atoms with Crippen LogP contribution in [0.5, 0.6) is 0 Å². The third-order valence-corrected chi connectivity index (χ3v) is 3.91. The molecule has 2 aromatic rings. The molecule has 1 unspecified atom stereocenters. The van der Waals surface area contributed by atoms with E-state index in [0.717, 1.165) is 11.4 Å². The average Bonchev–Trinajstić information content (AvgIpc) is 2.79. The summed E-state index contributed by atoms with van der Waals surface area (Å²) in [6, 6.07) is 1.89. The molecule has 0 aliphatic carbocycles. The number of carbonyl (C=O) groups is 2. The monoisotopic (exact) mass is 332 g/mol. The predicted octanol–water partition coefficient (Wildman–Crippen LogP) is 2.13. The van der Waals surface area contributed by atoms with Gasteiger partial charge in [0, 0.05) is 17.9 Å². The van der Waals surface area contributed by atoms with Gasteiger partial charge in [0.15, 0.2) is 5.65 Å². The van der Waals surface area contributed by atoms with Gasteiger partial charge in [-0.05, 0) is 39.2 Å². The minimum atomic E-state index is -0.898. The van der Waals surface area contributed by atoms with E-state index >= 15 is 0 Å². The van der Waals surface area contributed by atoms with E-state index in [0.29, 0.717) is 23.3 Å². The predicted molar refractivity (Wildman–Crippen MR) is 90.1 cm³/mol. The number of nitrogens with one attached hydrogen (secondary N) is 1. The third-order valence-electron chi connectivity index (χ3n) is 3.91. The van der Waals surface area contributed by atoms with Crippen molar-refractivity contribution in [2.75, 3.05) is 6.54 Å². The van der Waals surface area contributed by atoms with Crippen LogP contribution in [-0.4, -0.2) is 38.1 Å². The van der Waals surface area contributed by atoms with Crippen molar-refractivity contribution in [3.63, 3.8) is 0 Å². The van der Waals surface area contributed by atoms with Crippen LogP contribution in [0, 0.1) is 32.6 Å². The van der Waals surface area contributed by atoms with Crippen LogP contribution in [0.1, 0.15) is 47.7 Å². The van der Waals surface area contributed by atoms with Gasteiger partial charge < -0.3 is 10.4 Å². The molecule has 0 aliphatic heterocycles. The maximum atomic E-state index is 12.6. The molecule has 2 N–H and O–H groups in total. The van der Waals surface area contributed by atoms with Gasteiger partial charge in [0.25, 0.3) is 5.91 Å². The first-order valence-electron chi connectivity index (χ1n) is 8.05. The first kappa shape index (κ1) is 17.9. The van der Waals surface area contributed by atoms with Gasteiger partial charge in [-0.2, -0.15) is 5.10 Å². The molecule has 1 atom stereocenters. The highest BCUT2D eigenvalue weighted by Crippen LogP contribution is 2.17. The van der Waals surface area contributed by atoms with Crippen LogP contribution in [-0.2, 0) is 4.79 Å². The lowest BCUT2D eigenvalue weighted by molar-refractivity contribution is -0.142. The number of carboxylic acid groups (broad SMARTS) is 1. The Morgan fingerprint density at radius 3 is 2.54 bits per heavy atom. The van der Waals surface area contributed by atoms with E-state index in [2.05, 4.69) is 15.4 Å². The summed E-state index contributed by atoms with van der Waals surface area (Å²) in [4.78, 5) is 28.3. The average molecular weight is 332 g/mol. The van der Waals surface area contributed by atoms with E-state index in [4.69, 9.17) is 0 Å². The Morgan fingerprint density at radius 1 is 1.29 bits per heavy atom. The number of carbonyl (C=O) groups excluding carboxylic acids is 1. The molecule has 0 radical (unpaired) electrons. The van der Waals surface area contributed by atoms with Crippen LogP contribution < -0.4 is 5.32 Å². The number of carboxylic acids is 1. The fourth-order valence-corrected chi connectivity index (χ4v) is 2.84. The lowest BCUT2D eigenvalue weighted by Gasteiger charge is -2.15. The highest BCUT2D eigenvalue weighted by molar-refractivity contribution is 6.01. The summed E-state index contributed by atoms with van der Waals surface area (Å²) in [5.41, 5.74) is 3.16. The van der Waals surface area contributed by atoms with Crippen molar-refractivity contribution < 1.29 is 14.7 Å². The zero-order valence-electron chi connectivity index (χ0n) is 14.8. The molecular formula is C17H24N4O3. The summed E-state index contributed by atoms with van der Waals surface area (Å²) in [5, 5.41) is 16.4. The van der Waals surface area contributed by atoms with Crippen molar-refractivity contribution in [3.05, 3.63) is 28.7 Å². The number of aliphatic carboxylic acids is 1. The van der Waals surface area contributed by atoms with Gasteiger partial charge in [-0.1, -0.05) is 13.8 Å². The van der Waals surface area contributed by atoms with Crippen LogP contribution >= 0.6 is 0 Å². The van der Waals surface area contributed by atoms with Gasteiger partial charge in [-0.3, -0.25) is 9.59 Å². The molecule has 2 heterocycles. The van der Waals surface area contributed by atoms with E-state index in [9.17, 15) is 14.7 Å². The maximum absolute atomic E-state index is 12.6. The summed E-state index contributed by atoms with van der Waals surface area (Å²) in [6.45, 7) is 9.53. The number of hydrogen-bond acceptors (Lipinski definition) is 4. The second-order valence-corrected chi connectivity index (χ2v) is 6.61. The van der Waals surface area contributed by atoms with E-state index in [1.807, 2.05) is 33.8 Å². The van der Waals surface area contributed by atoms with Gasteiger partial charge in [0.1, 0.15) is 5.56 Å². The van der Waals surface area contributed by atoms with Crippen molar-refractivity contribution in [1.82, 2.24) is 19.9 Å². The molecule has 130 valence electrons. The first-order chi connectivity index (χ1) is 11.2. The molecular weight excluding hydrogens is 308 g/mol. The standard InChI is InChI=1S/C17H24N4O3/c1-9(2)6-13(17(23)24)8-18-16(22)14-12(5)20-21-11(4)7-10(3)19-15(14)21/h7,9,13H,6,8H2,1-5H3,(H,18,22)(H,23,24). The van der Waals surface area contributed by atoms with Gasteiger partial charge >= 0.3 is 5.97 Å². The summed E-state index contributed by atoms with van der Waals surface area (Å²) < 4.78 is 1.64. The fraction of sp³-hybridized carbons (Fsp3) is 0.529. The molecule has 0 bridgehead atoms. The Kier molecular flexibility index (Phi) is 5.21. The van der Waals surface area contributed by atoms with Crippen LogP contribution in [0.2, 0.25) is 0 Å². The zero-order chi connectivity index (χ0) is 18.0. The molecule has 7 heteroatoms. The molecule has 1 amide bonds. The van der Waals surface area contributed by atoms with Crippen LogP contribution in [0.4, 0.5) is 0 Å². The Bertz CT molecular complexity index is 780. The summed E-state index contributed by atoms with van der Waals surface area (Å²) in [6.07, 6.45) is 0.514. The largest absolute Gasteiger partial charge is 0.481 e.